The Morgan fingerprint density at radius 2 is 1.72 bits per heavy atom. The average molecular weight is 405 g/mol. The zero-order valence-electron chi connectivity index (χ0n) is 16.6. The summed E-state index contributed by atoms with van der Waals surface area (Å²) in [5, 5.41) is 2.97. The average Bonchev–Trinajstić information content (AvgIpc) is 2.68. The molecule has 2 aromatic rings. The highest BCUT2D eigenvalue weighted by atomic mass is 19.4. The van der Waals surface area contributed by atoms with Crippen LogP contribution in [0.2, 0.25) is 0 Å². The molecule has 156 valence electrons. The van der Waals surface area contributed by atoms with E-state index in [0.717, 1.165) is 49.2 Å². The molecule has 0 aromatic heterocycles. The molecule has 1 fully saturated rings. The minimum Gasteiger partial charge on any atom is -0.370 e. The van der Waals surface area contributed by atoms with Gasteiger partial charge in [-0.15, -0.1) is 0 Å². The van der Waals surface area contributed by atoms with Crippen molar-refractivity contribution in [2.45, 2.75) is 19.6 Å². The molecule has 1 aliphatic heterocycles. The summed E-state index contributed by atoms with van der Waals surface area (Å²) in [5.41, 5.74) is 8.47. The monoisotopic (exact) mass is 405 g/mol. The molecule has 0 unspecified atom stereocenters. The van der Waals surface area contributed by atoms with Gasteiger partial charge < -0.3 is 20.9 Å². The third-order valence-electron chi connectivity index (χ3n) is 4.99. The third-order valence-corrected chi connectivity index (χ3v) is 4.99. The Bertz CT molecular complexity index is 854. The smallest absolute Gasteiger partial charge is 0.370 e. The number of aryl methyl sites for hydroxylation is 1. The number of halogens is 3. The molecule has 3 N–H and O–H groups in total. The molecule has 5 nitrogen and oxygen atoms in total. The molecular weight excluding hydrogens is 379 g/mol. The predicted molar refractivity (Wildman–Crippen MR) is 111 cm³/mol. The second-order valence-corrected chi connectivity index (χ2v) is 7.32. The number of nitrogens with two attached hydrogens (primary N) is 1. The van der Waals surface area contributed by atoms with Crippen LogP contribution in [0.15, 0.2) is 47.5 Å². The van der Waals surface area contributed by atoms with Gasteiger partial charge in [0.05, 0.1) is 12.1 Å². The van der Waals surface area contributed by atoms with E-state index in [1.54, 1.807) is 6.07 Å². The number of alkyl halides is 3. The Morgan fingerprint density at radius 3 is 2.34 bits per heavy atom. The molecule has 0 bridgehead atoms. The summed E-state index contributed by atoms with van der Waals surface area (Å²) in [7, 11) is 2.03. The van der Waals surface area contributed by atoms with Crippen LogP contribution in [0.1, 0.15) is 16.7 Å². The lowest BCUT2D eigenvalue weighted by Crippen LogP contribution is -2.44. The topological polar surface area (TPSA) is 56.9 Å². The molecule has 2 aromatic carbocycles. The quantitative estimate of drug-likeness (QED) is 0.602. The van der Waals surface area contributed by atoms with Crippen LogP contribution in [0.4, 0.5) is 24.5 Å². The first kappa shape index (κ1) is 21.0. The zero-order chi connectivity index (χ0) is 21.0. The van der Waals surface area contributed by atoms with Crippen LogP contribution < -0.4 is 16.0 Å². The molecule has 29 heavy (non-hydrogen) atoms. The molecule has 0 spiro atoms. The highest BCUT2D eigenvalue weighted by molar-refractivity contribution is 5.92. The molecule has 0 amide bonds. The van der Waals surface area contributed by atoms with E-state index in [-0.39, 0.29) is 12.5 Å². The van der Waals surface area contributed by atoms with Crippen molar-refractivity contribution in [1.82, 2.24) is 4.90 Å². The number of hydrogen-bond donors (Lipinski definition) is 2. The largest absolute Gasteiger partial charge is 0.416 e. The van der Waals surface area contributed by atoms with Crippen molar-refractivity contribution >= 4 is 17.3 Å². The number of benzene rings is 2. The lowest BCUT2D eigenvalue weighted by atomic mass is 10.1. The van der Waals surface area contributed by atoms with Crippen LogP contribution >= 0.6 is 0 Å². The van der Waals surface area contributed by atoms with Crippen molar-refractivity contribution in [1.29, 1.82) is 0 Å². The van der Waals surface area contributed by atoms with Gasteiger partial charge in [-0.25, -0.2) is 4.99 Å². The standard InChI is InChI=1S/C21H26F3N5/c1-15-3-6-18(7-4-15)27-20(25)26-14-16-13-17(21(22,23)24)5-8-19(16)29-11-9-28(2)10-12-29/h3-8,13H,9-12,14H2,1-2H3,(H3,25,26,27). The van der Waals surface area contributed by atoms with Crippen molar-refractivity contribution < 1.29 is 13.2 Å². The summed E-state index contributed by atoms with van der Waals surface area (Å²) < 4.78 is 39.7. The van der Waals surface area contributed by atoms with Gasteiger partial charge in [-0.1, -0.05) is 17.7 Å². The second kappa shape index (κ2) is 8.73. The van der Waals surface area contributed by atoms with Gasteiger partial charge in [0.15, 0.2) is 5.96 Å². The molecule has 8 heteroatoms. The number of nitrogens with one attached hydrogen (secondary N) is 1. The van der Waals surface area contributed by atoms with E-state index in [1.807, 2.05) is 38.2 Å². The number of likely N-dealkylation sites (N-methyl/N-ethyl adjacent to an activating group) is 1. The van der Waals surface area contributed by atoms with Crippen molar-refractivity contribution in [2.75, 3.05) is 43.4 Å². The van der Waals surface area contributed by atoms with Gasteiger partial charge in [0.1, 0.15) is 0 Å². The van der Waals surface area contributed by atoms with Crippen molar-refractivity contribution in [2.24, 2.45) is 10.7 Å². The SMILES string of the molecule is Cc1ccc(NC(N)=NCc2cc(C(F)(F)F)ccc2N2CCN(C)CC2)cc1. The van der Waals surface area contributed by atoms with Gasteiger partial charge >= 0.3 is 6.18 Å². The van der Waals surface area contributed by atoms with Crippen molar-refractivity contribution in [3.63, 3.8) is 0 Å². The summed E-state index contributed by atoms with van der Waals surface area (Å²) in [6.07, 6.45) is -4.40. The van der Waals surface area contributed by atoms with Crippen molar-refractivity contribution in [3.05, 3.63) is 59.2 Å². The normalized spacial score (nSPS) is 16.2. The van der Waals surface area contributed by atoms with Gasteiger partial charge in [-0.3, -0.25) is 0 Å². The van der Waals surface area contributed by atoms with Gasteiger partial charge in [-0.2, -0.15) is 13.2 Å². The predicted octanol–water partition coefficient (Wildman–Crippen LogP) is 3.69. The Balaban J connectivity index is 1.81. The lowest BCUT2D eigenvalue weighted by Gasteiger charge is -2.35. The molecule has 0 radical (unpaired) electrons. The maximum absolute atomic E-state index is 13.2. The fourth-order valence-electron chi connectivity index (χ4n) is 3.24. The Kier molecular flexibility index (Phi) is 6.32. The van der Waals surface area contributed by atoms with E-state index in [9.17, 15) is 13.2 Å². The van der Waals surface area contributed by atoms with E-state index < -0.39 is 11.7 Å². The fraction of sp³-hybridized carbons (Fsp3) is 0.381. The number of aliphatic imine (C=N–C) groups is 1. The van der Waals surface area contributed by atoms with Crippen molar-refractivity contribution in [3.8, 4) is 0 Å². The summed E-state index contributed by atoms with van der Waals surface area (Å²) >= 11 is 0. The first-order chi connectivity index (χ1) is 13.7. The van der Waals surface area contributed by atoms with E-state index in [1.165, 1.54) is 6.07 Å². The maximum atomic E-state index is 13.2. The Labute approximate surface area is 169 Å². The van der Waals surface area contributed by atoms with E-state index in [4.69, 9.17) is 5.73 Å². The number of guanidine groups is 1. The zero-order valence-corrected chi connectivity index (χ0v) is 16.6. The Morgan fingerprint density at radius 1 is 1.07 bits per heavy atom. The lowest BCUT2D eigenvalue weighted by molar-refractivity contribution is -0.137. The van der Waals surface area contributed by atoms with Crippen LogP contribution in [0.3, 0.4) is 0 Å². The summed E-state index contributed by atoms with van der Waals surface area (Å²) in [6, 6.07) is 11.5. The number of hydrogen-bond acceptors (Lipinski definition) is 3. The summed E-state index contributed by atoms with van der Waals surface area (Å²) in [4.78, 5) is 8.59. The minimum absolute atomic E-state index is 0.0658. The molecule has 1 aliphatic rings. The Hall–Kier alpha value is -2.74. The van der Waals surface area contributed by atoms with Gasteiger partial charge in [0, 0.05) is 37.6 Å². The highest BCUT2D eigenvalue weighted by Gasteiger charge is 2.31. The molecule has 0 saturated carbocycles. The van der Waals surface area contributed by atoms with E-state index in [2.05, 4.69) is 20.1 Å². The van der Waals surface area contributed by atoms with Crippen LogP contribution in [-0.2, 0) is 12.7 Å². The number of rotatable bonds is 4. The summed E-state index contributed by atoms with van der Waals surface area (Å²) in [6.45, 7) is 5.29. The fourth-order valence-corrected chi connectivity index (χ4v) is 3.24. The maximum Gasteiger partial charge on any atom is 0.416 e. The first-order valence-corrected chi connectivity index (χ1v) is 9.49. The third kappa shape index (κ3) is 5.63. The molecule has 1 heterocycles. The molecule has 0 aliphatic carbocycles. The van der Waals surface area contributed by atoms with Crippen LogP contribution in [0.5, 0.6) is 0 Å². The van der Waals surface area contributed by atoms with E-state index in [0.29, 0.717) is 5.56 Å². The van der Waals surface area contributed by atoms with Gasteiger partial charge in [0.25, 0.3) is 0 Å². The number of anilines is 2. The number of nitrogens with zero attached hydrogens (tertiary/aromatic N) is 3. The molecule has 0 atom stereocenters. The van der Waals surface area contributed by atoms with Crippen LogP contribution in [0, 0.1) is 6.92 Å². The van der Waals surface area contributed by atoms with Crippen LogP contribution in [0.25, 0.3) is 0 Å². The molecular formula is C21H26F3N5. The molecule has 1 saturated heterocycles. The summed E-state index contributed by atoms with van der Waals surface area (Å²) in [5.74, 6) is 0.163. The molecule has 3 rings (SSSR count). The number of piperazine rings is 1. The first-order valence-electron chi connectivity index (χ1n) is 9.49. The minimum atomic E-state index is -4.40. The van der Waals surface area contributed by atoms with Crippen LogP contribution in [-0.4, -0.2) is 44.1 Å². The highest BCUT2D eigenvalue weighted by Crippen LogP contribution is 2.33. The van der Waals surface area contributed by atoms with Gasteiger partial charge in [-0.05, 0) is 49.9 Å². The van der Waals surface area contributed by atoms with E-state index >= 15 is 0 Å². The van der Waals surface area contributed by atoms with Gasteiger partial charge in [0.2, 0.25) is 0 Å². The second-order valence-electron chi connectivity index (χ2n) is 7.32.